The number of likely N-dealkylation sites (tertiary alicyclic amines) is 1. The van der Waals surface area contributed by atoms with Crippen molar-refractivity contribution in [1.29, 1.82) is 0 Å². The fourth-order valence-corrected chi connectivity index (χ4v) is 3.87. The van der Waals surface area contributed by atoms with Crippen molar-refractivity contribution in [3.05, 3.63) is 15.6 Å². The second-order valence-corrected chi connectivity index (χ2v) is 7.06. The summed E-state index contributed by atoms with van der Waals surface area (Å²) in [5, 5.41) is 4.16. The summed E-state index contributed by atoms with van der Waals surface area (Å²) < 4.78 is 0. The molecule has 22 heavy (non-hydrogen) atoms. The van der Waals surface area contributed by atoms with Gasteiger partial charge >= 0.3 is 0 Å². The Balaban J connectivity index is 1.88. The molecule has 122 valence electrons. The van der Waals surface area contributed by atoms with Crippen LogP contribution in [0.2, 0.25) is 0 Å². The summed E-state index contributed by atoms with van der Waals surface area (Å²) in [7, 11) is 0. The third-order valence-electron chi connectivity index (χ3n) is 4.06. The SMILES string of the molecule is CCCc1nc(C)c(CNC(=O)[C@@H]2CCCN(C(C)=O)C2)s1. The number of amides is 2. The minimum absolute atomic E-state index is 0.0517. The number of hydrogen-bond acceptors (Lipinski definition) is 4. The molecule has 5 nitrogen and oxygen atoms in total. The Kier molecular flexibility index (Phi) is 5.94. The number of hydrogen-bond donors (Lipinski definition) is 1. The van der Waals surface area contributed by atoms with E-state index in [0.717, 1.165) is 47.8 Å². The number of aryl methyl sites for hydroxylation is 2. The summed E-state index contributed by atoms with van der Waals surface area (Å²) >= 11 is 1.69. The van der Waals surface area contributed by atoms with Gasteiger partial charge in [0, 0.05) is 24.9 Å². The van der Waals surface area contributed by atoms with Crippen LogP contribution < -0.4 is 5.32 Å². The molecule has 1 aliphatic rings. The lowest BCUT2D eigenvalue weighted by Crippen LogP contribution is -2.44. The average molecular weight is 323 g/mol. The quantitative estimate of drug-likeness (QED) is 0.904. The minimum atomic E-state index is -0.0824. The van der Waals surface area contributed by atoms with Crippen LogP contribution in [-0.4, -0.2) is 34.8 Å². The maximum absolute atomic E-state index is 12.3. The van der Waals surface area contributed by atoms with Gasteiger partial charge in [0.25, 0.3) is 0 Å². The van der Waals surface area contributed by atoms with E-state index < -0.39 is 0 Å². The van der Waals surface area contributed by atoms with Crippen molar-refractivity contribution in [2.75, 3.05) is 13.1 Å². The van der Waals surface area contributed by atoms with E-state index >= 15 is 0 Å². The largest absolute Gasteiger partial charge is 0.351 e. The molecule has 1 aromatic heterocycles. The fraction of sp³-hybridized carbons (Fsp3) is 0.688. The molecule has 0 aromatic carbocycles. The Morgan fingerprint density at radius 1 is 1.45 bits per heavy atom. The Morgan fingerprint density at radius 3 is 2.91 bits per heavy atom. The highest BCUT2D eigenvalue weighted by Crippen LogP contribution is 2.20. The van der Waals surface area contributed by atoms with E-state index in [4.69, 9.17) is 0 Å². The van der Waals surface area contributed by atoms with Gasteiger partial charge in [-0.2, -0.15) is 0 Å². The highest BCUT2D eigenvalue weighted by molar-refractivity contribution is 7.11. The standard InChI is InChI=1S/C16H25N3O2S/c1-4-6-15-18-11(2)14(22-15)9-17-16(21)13-7-5-8-19(10-13)12(3)20/h13H,4-10H2,1-3H3,(H,17,21)/t13-/m1/s1. The molecule has 0 unspecified atom stereocenters. The third kappa shape index (κ3) is 4.29. The van der Waals surface area contributed by atoms with Gasteiger partial charge in [0.15, 0.2) is 0 Å². The van der Waals surface area contributed by atoms with Crippen molar-refractivity contribution in [3.8, 4) is 0 Å². The summed E-state index contributed by atoms with van der Waals surface area (Å²) in [6.45, 7) is 7.56. The van der Waals surface area contributed by atoms with E-state index in [2.05, 4.69) is 17.2 Å². The molecule has 1 aromatic rings. The first kappa shape index (κ1) is 16.9. The number of aromatic nitrogens is 1. The molecule has 1 N–H and O–H groups in total. The molecule has 1 aliphatic heterocycles. The van der Waals surface area contributed by atoms with Crippen molar-refractivity contribution >= 4 is 23.2 Å². The monoisotopic (exact) mass is 323 g/mol. The Bertz CT molecular complexity index is 541. The summed E-state index contributed by atoms with van der Waals surface area (Å²) in [4.78, 5) is 31.2. The predicted octanol–water partition coefficient (Wildman–Crippen LogP) is 2.28. The molecule has 0 aliphatic carbocycles. The van der Waals surface area contributed by atoms with E-state index in [1.807, 2.05) is 6.92 Å². The molecule has 2 amide bonds. The number of rotatable bonds is 5. The second-order valence-electron chi connectivity index (χ2n) is 5.89. The molecule has 1 atom stereocenters. The zero-order valence-corrected chi connectivity index (χ0v) is 14.5. The first-order valence-electron chi connectivity index (χ1n) is 7.99. The normalized spacial score (nSPS) is 18.3. The number of piperidine rings is 1. The van der Waals surface area contributed by atoms with Gasteiger partial charge in [-0.3, -0.25) is 9.59 Å². The zero-order chi connectivity index (χ0) is 16.1. The van der Waals surface area contributed by atoms with E-state index in [1.54, 1.807) is 23.2 Å². The average Bonchev–Trinajstić information content (AvgIpc) is 2.85. The van der Waals surface area contributed by atoms with Gasteiger partial charge in [0.2, 0.25) is 11.8 Å². The molecule has 1 fully saturated rings. The van der Waals surface area contributed by atoms with Crippen LogP contribution in [0.3, 0.4) is 0 Å². The Labute approximate surface area is 136 Å². The van der Waals surface area contributed by atoms with Crippen LogP contribution in [0.5, 0.6) is 0 Å². The molecule has 1 saturated heterocycles. The van der Waals surface area contributed by atoms with Crippen molar-refractivity contribution < 1.29 is 9.59 Å². The van der Waals surface area contributed by atoms with E-state index in [9.17, 15) is 9.59 Å². The van der Waals surface area contributed by atoms with Crippen LogP contribution in [0, 0.1) is 12.8 Å². The molecule has 0 saturated carbocycles. The Hall–Kier alpha value is -1.43. The minimum Gasteiger partial charge on any atom is -0.351 e. The molecule has 6 heteroatoms. The summed E-state index contributed by atoms with van der Waals surface area (Å²) in [5.74, 6) is 0.0248. The number of nitrogens with zero attached hydrogens (tertiary/aromatic N) is 2. The van der Waals surface area contributed by atoms with E-state index in [-0.39, 0.29) is 17.7 Å². The van der Waals surface area contributed by atoms with Gasteiger partial charge in [0.1, 0.15) is 0 Å². The maximum atomic E-state index is 12.3. The van der Waals surface area contributed by atoms with Crippen LogP contribution in [-0.2, 0) is 22.6 Å². The topological polar surface area (TPSA) is 62.3 Å². The van der Waals surface area contributed by atoms with Gasteiger partial charge in [-0.1, -0.05) is 6.92 Å². The Morgan fingerprint density at radius 2 is 2.23 bits per heavy atom. The predicted molar refractivity (Wildman–Crippen MR) is 87.7 cm³/mol. The van der Waals surface area contributed by atoms with Crippen LogP contribution in [0.1, 0.15) is 48.7 Å². The zero-order valence-electron chi connectivity index (χ0n) is 13.6. The first-order valence-corrected chi connectivity index (χ1v) is 8.81. The molecule has 2 heterocycles. The third-order valence-corrected chi connectivity index (χ3v) is 5.28. The van der Waals surface area contributed by atoms with Gasteiger partial charge in [-0.05, 0) is 32.6 Å². The number of thiazole rings is 1. The molecule has 2 rings (SSSR count). The summed E-state index contributed by atoms with van der Waals surface area (Å²) in [6.07, 6.45) is 3.84. The van der Waals surface area contributed by atoms with Gasteiger partial charge in [0.05, 0.1) is 23.2 Å². The number of carbonyl (C=O) groups excluding carboxylic acids is 2. The number of carbonyl (C=O) groups is 2. The van der Waals surface area contributed by atoms with Gasteiger partial charge < -0.3 is 10.2 Å². The van der Waals surface area contributed by atoms with Crippen LogP contribution in [0.4, 0.5) is 0 Å². The van der Waals surface area contributed by atoms with Crippen LogP contribution >= 0.6 is 11.3 Å². The number of nitrogens with one attached hydrogen (secondary N) is 1. The highest BCUT2D eigenvalue weighted by Gasteiger charge is 2.26. The van der Waals surface area contributed by atoms with Gasteiger partial charge in [-0.15, -0.1) is 11.3 Å². The van der Waals surface area contributed by atoms with Crippen molar-refractivity contribution in [2.24, 2.45) is 5.92 Å². The first-order chi connectivity index (χ1) is 10.5. The molecule has 0 radical (unpaired) electrons. The van der Waals surface area contributed by atoms with Crippen molar-refractivity contribution in [3.63, 3.8) is 0 Å². The van der Waals surface area contributed by atoms with E-state index in [1.165, 1.54) is 0 Å². The maximum Gasteiger partial charge on any atom is 0.225 e. The lowest BCUT2D eigenvalue weighted by atomic mass is 9.97. The second kappa shape index (κ2) is 7.72. The molecule has 0 bridgehead atoms. The van der Waals surface area contributed by atoms with Crippen molar-refractivity contribution in [2.45, 2.75) is 53.0 Å². The lowest BCUT2D eigenvalue weighted by molar-refractivity contribution is -0.134. The van der Waals surface area contributed by atoms with Crippen LogP contribution in [0.25, 0.3) is 0 Å². The van der Waals surface area contributed by atoms with E-state index in [0.29, 0.717) is 13.1 Å². The summed E-state index contributed by atoms with van der Waals surface area (Å²) in [5.41, 5.74) is 1.02. The lowest BCUT2D eigenvalue weighted by Gasteiger charge is -2.31. The van der Waals surface area contributed by atoms with Gasteiger partial charge in [-0.25, -0.2) is 4.98 Å². The fourth-order valence-electron chi connectivity index (χ4n) is 2.76. The van der Waals surface area contributed by atoms with Crippen LogP contribution in [0.15, 0.2) is 0 Å². The summed E-state index contributed by atoms with van der Waals surface area (Å²) in [6, 6.07) is 0. The molecular formula is C16H25N3O2S. The smallest absolute Gasteiger partial charge is 0.225 e. The molecule has 0 spiro atoms. The highest BCUT2D eigenvalue weighted by atomic mass is 32.1. The molecular weight excluding hydrogens is 298 g/mol. The van der Waals surface area contributed by atoms with Crippen molar-refractivity contribution in [1.82, 2.24) is 15.2 Å².